The molecule has 0 bridgehead atoms. The molecule has 1 aliphatic carbocycles. The molecule has 164 valence electrons. The van der Waals surface area contributed by atoms with Gasteiger partial charge in [0.1, 0.15) is 18.8 Å². The van der Waals surface area contributed by atoms with E-state index in [0.717, 1.165) is 0 Å². The minimum absolute atomic E-state index is 0.128. The molecule has 4 atom stereocenters. The molecule has 8 nitrogen and oxygen atoms in total. The van der Waals surface area contributed by atoms with Gasteiger partial charge in [-0.3, -0.25) is 4.79 Å². The Morgan fingerprint density at radius 3 is 2.70 bits per heavy atom. The summed E-state index contributed by atoms with van der Waals surface area (Å²) in [5, 5.41) is 20.0. The number of aliphatic hydroxyl groups is 2. The summed E-state index contributed by atoms with van der Waals surface area (Å²) >= 11 is 0. The van der Waals surface area contributed by atoms with E-state index >= 15 is 0 Å². The first-order valence-electron chi connectivity index (χ1n) is 9.72. The van der Waals surface area contributed by atoms with Gasteiger partial charge in [0.2, 0.25) is 0 Å². The molecule has 1 aliphatic heterocycles. The maximum atomic E-state index is 12.7. The van der Waals surface area contributed by atoms with Gasteiger partial charge < -0.3 is 24.4 Å². The van der Waals surface area contributed by atoms with Gasteiger partial charge in [-0.05, 0) is 37.5 Å². The third-order valence-electron chi connectivity index (χ3n) is 5.21. The van der Waals surface area contributed by atoms with Gasteiger partial charge in [0.25, 0.3) is 0 Å². The van der Waals surface area contributed by atoms with E-state index in [2.05, 4.69) is 6.58 Å². The van der Waals surface area contributed by atoms with Crippen LogP contribution in [0.15, 0.2) is 47.1 Å². The van der Waals surface area contributed by atoms with Crippen molar-refractivity contribution >= 4 is 17.9 Å². The van der Waals surface area contributed by atoms with Crippen LogP contribution in [0.1, 0.15) is 33.6 Å². The van der Waals surface area contributed by atoms with Crippen LogP contribution in [0, 0.1) is 5.92 Å². The van der Waals surface area contributed by atoms with Gasteiger partial charge in [-0.1, -0.05) is 18.7 Å². The third-order valence-corrected chi connectivity index (χ3v) is 5.21. The zero-order valence-electron chi connectivity index (χ0n) is 17.4. The number of carbonyl (C=O) groups excluding carboxylic acids is 3. The zero-order valence-corrected chi connectivity index (χ0v) is 17.4. The molecule has 0 unspecified atom stereocenters. The summed E-state index contributed by atoms with van der Waals surface area (Å²) < 4.78 is 16.0. The molecule has 1 fully saturated rings. The number of hydrogen-bond donors (Lipinski definition) is 2. The van der Waals surface area contributed by atoms with Crippen molar-refractivity contribution in [2.45, 2.75) is 51.9 Å². The number of esters is 3. The minimum atomic E-state index is -0.855. The van der Waals surface area contributed by atoms with Crippen LogP contribution in [0.2, 0.25) is 0 Å². The van der Waals surface area contributed by atoms with Gasteiger partial charge in [-0.15, -0.1) is 0 Å². The number of carbonyl (C=O) groups is 3. The SMILES string of the molecule is C=C1C(=O)O[C@H]2/C=C(/C)[C@@H](O)C/C=C(/CO)C[C@@H](OC(=O)/C(=C/C)COC(C)=O)[C@@H]12. The van der Waals surface area contributed by atoms with Crippen LogP contribution in [0.25, 0.3) is 0 Å². The average molecular weight is 420 g/mol. The summed E-state index contributed by atoms with van der Waals surface area (Å²) in [5.74, 6) is -2.54. The van der Waals surface area contributed by atoms with Crippen molar-refractivity contribution in [3.63, 3.8) is 0 Å². The van der Waals surface area contributed by atoms with Gasteiger partial charge >= 0.3 is 17.9 Å². The standard InChI is InChI=1S/C22H28O8/c1-5-16(11-28-14(4)24)22(27)30-19-9-15(10-23)6-7-17(25)12(2)8-18-20(19)13(3)21(26)29-18/h5-6,8,17-20,23,25H,3,7,9-11H2,1-2,4H3/b12-8-,15-6+,16-5+/t17-,18-,19+,20-/m0/s1. The quantitative estimate of drug-likeness (QED) is 0.297. The first-order valence-corrected chi connectivity index (χ1v) is 9.72. The fourth-order valence-corrected chi connectivity index (χ4v) is 3.38. The molecular formula is C22H28O8. The lowest BCUT2D eigenvalue weighted by atomic mass is 9.85. The second kappa shape index (κ2) is 10.4. The molecule has 0 saturated carbocycles. The summed E-state index contributed by atoms with van der Waals surface area (Å²) in [6.45, 7) is 7.82. The predicted molar refractivity (Wildman–Crippen MR) is 107 cm³/mol. The first-order chi connectivity index (χ1) is 14.2. The monoisotopic (exact) mass is 420 g/mol. The topological polar surface area (TPSA) is 119 Å². The molecule has 30 heavy (non-hydrogen) atoms. The van der Waals surface area contributed by atoms with Crippen molar-refractivity contribution in [3.05, 3.63) is 47.1 Å². The lowest BCUT2D eigenvalue weighted by molar-refractivity contribution is -0.149. The second-order valence-corrected chi connectivity index (χ2v) is 7.35. The molecule has 0 spiro atoms. The highest BCUT2D eigenvalue weighted by atomic mass is 16.6. The largest absolute Gasteiger partial charge is 0.461 e. The lowest BCUT2D eigenvalue weighted by Crippen LogP contribution is -2.35. The molecule has 8 heteroatoms. The van der Waals surface area contributed by atoms with Crippen molar-refractivity contribution in [1.29, 1.82) is 0 Å². The lowest BCUT2D eigenvalue weighted by Gasteiger charge is -2.28. The normalized spacial score (nSPS) is 30.9. The number of fused-ring (bicyclic) bond motifs is 1. The Bertz CT molecular complexity index is 804. The first kappa shape index (κ1) is 23.6. The molecule has 0 aromatic carbocycles. The Balaban J connectivity index is 2.37. The minimum Gasteiger partial charge on any atom is -0.461 e. The van der Waals surface area contributed by atoms with Gasteiger partial charge in [0, 0.05) is 18.9 Å². The van der Waals surface area contributed by atoms with Crippen molar-refractivity contribution in [2.24, 2.45) is 5.92 Å². The van der Waals surface area contributed by atoms with E-state index in [1.54, 1.807) is 26.0 Å². The Morgan fingerprint density at radius 2 is 2.10 bits per heavy atom. The number of ether oxygens (including phenoxy) is 3. The molecule has 0 aromatic heterocycles. The van der Waals surface area contributed by atoms with Crippen LogP contribution in [-0.2, 0) is 28.6 Å². The van der Waals surface area contributed by atoms with Crippen molar-refractivity contribution in [3.8, 4) is 0 Å². The summed E-state index contributed by atoms with van der Waals surface area (Å²) in [6, 6.07) is 0. The third kappa shape index (κ3) is 5.67. The van der Waals surface area contributed by atoms with Gasteiger partial charge in [-0.25, -0.2) is 9.59 Å². The smallest absolute Gasteiger partial charge is 0.337 e. The highest BCUT2D eigenvalue weighted by molar-refractivity contribution is 5.92. The van der Waals surface area contributed by atoms with Crippen LogP contribution in [0.5, 0.6) is 0 Å². The molecule has 1 heterocycles. The van der Waals surface area contributed by atoms with E-state index in [1.807, 2.05) is 0 Å². The molecule has 0 radical (unpaired) electrons. The summed E-state index contributed by atoms with van der Waals surface area (Å²) in [5.41, 5.74) is 1.44. The Hall–Kier alpha value is -2.71. The van der Waals surface area contributed by atoms with Gasteiger partial charge in [-0.2, -0.15) is 0 Å². The molecule has 2 aliphatic rings. The molecule has 2 rings (SSSR count). The van der Waals surface area contributed by atoms with Crippen molar-refractivity contribution in [2.75, 3.05) is 13.2 Å². The van der Waals surface area contributed by atoms with Crippen molar-refractivity contribution < 1.29 is 38.8 Å². The molecular weight excluding hydrogens is 392 g/mol. The molecule has 1 saturated heterocycles. The van der Waals surface area contributed by atoms with E-state index in [0.29, 0.717) is 11.1 Å². The second-order valence-electron chi connectivity index (χ2n) is 7.35. The van der Waals surface area contributed by atoms with Crippen LogP contribution in [0.4, 0.5) is 0 Å². The summed E-state index contributed by atoms with van der Waals surface area (Å²) in [7, 11) is 0. The predicted octanol–water partition coefficient (Wildman–Crippen LogP) is 1.53. The van der Waals surface area contributed by atoms with Crippen LogP contribution in [-0.4, -0.2) is 59.6 Å². The van der Waals surface area contributed by atoms with E-state index in [9.17, 15) is 24.6 Å². The molecule has 0 aromatic rings. The fourth-order valence-electron chi connectivity index (χ4n) is 3.38. The Kier molecular flexibility index (Phi) is 8.14. The fraction of sp³-hybridized carbons (Fsp3) is 0.500. The van der Waals surface area contributed by atoms with E-state index in [4.69, 9.17) is 14.2 Å². The van der Waals surface area contributed by atoms with Crippen LogP contribution in [0.3, 0.4) is 0 Å². The van der Waals surface area contributed by atoms with Gasteiger partial charge in [0.15, 0.2) is 0 Å². The number of aliphatic hydroxyl groups excluding tert-OH is 2. The number of hydrogen-bond acceptors (Lipinski definition) is 8. The molecule has 0 amide bonds. The Morgan fingerprint density at radius 1 is 1.40 bits per heavy atom. The average Bonchev–Trinajstić information content (AvgIpc) is 2.96. The highest BCUT2D eigenvalue weighted by Crippen LogP contribution is 2.36. The maximum Gasteiger partial charge on any atom is 0.337 e. The van der Waals surface area contributed by atoms with E-state index in [-0.39, 0.29) is 37.2 Å². The summed E-state index contributed by atoms with van der Waals surface area (Å²) in [6.07, 6.45) is 2.79. The number of allylic oxidation sites excluding steroid dienone is 1. The maximum absolute atomic E-state index is 12.7. The Labute approximate surface area is 175 Å². The van der Waals surface area contributed by atoms with E-state index in [1.165, 1.54) is 13.0 Å². The summed E-state index contributed by atoms with van der Waals surface area (Å²) in [4.78, 5) is 36.0. The zero-order chi connectivity index (χ0) is 22.4. The highest BCUT2D eigenvalue weighted by Gasteiger charge is 2.45. The molecule has 2 N–H and O–H groups in total. The van der Waals surface area contributed by atoms with Gasteiger partial charge in [0.05, 0.1) is 24.2 Å². The van der Waals surface area contributed by atoms with E-state index < -0.39 is 42.1 Å². The number of rotatable bonds is 5. The van der Waals surface area contributed by atoms with Crippen molar-refractivity contribution in [1.82, 2.24) is 0 Å². The van der Waals surface area contributed by atoms with Crippen LogP contribution >= 0.6 is 0 Å². The van der Waals surface area contributed by atoms with Crippen LogP contribution < -0.4 is 0 Å².